The number of hydrogen-bond donors (Lipinski definition) is 1. The molecule has 29 heavy (non-hydrogen) atoms. The number of carbonyl (C=O) groups is 1. The highest BCUT2D eigenvalue weighted by Crippen LogP contribution is 2.21. The average Bonchev–Trinajstić information content (AvgIpc) is 2.77. The van der Waals surface area contributed by atoms with E-state index in [2.05, 4.69) is 24.0 Å². The van der Waals surface area contributed by atoms with Gasteiger partial charge in [-0.3, -0.25) is 0 Å². The van der Waals surface area contributed by atoms with E-state index in [0.717, 1.165) is 22.4 Å². The number of benzene rings is 3. The fourth-order valence-electron chi connectivity index (χ4n) is 2.84. The normalized spacial score (nSPS) is 11.2. The van der Waals surface area contributed by atoms with Crippen molar-refractivity contribution in [3.63, 3.8) is 0 Å². The average molecular weight is 386 g/mol. The Hall–Kier alpha value is -3.55. The smallest absolute Gasteiger partial charge is 0.333 e. The molecule has 4 heteroatoms. The van der Waals surface area contributed by atoms with Gasteiger partial charge in [0.1, 0.15) is 12.4 Å². The van der Waals surface area contributed by atoms with Crippen molar-refractivity contribution in [2.75, 3.05) is 13.7 Å². The van der Waals surface area contributed by atoms with Crippen molar-refractivity contribution < 1.29 is 19.4 Å². The highest BCUT2D eigenvalue weighted by molar-refractivity contribution is 5.72. The highest BCUT2D eigenvalue weighted by Gasteiger charge is 2.16. The number of carboxylic acids is 1. The Labute approximate surface area is 170 Å². The lowest BCUT2D eigenvalue weighted by Crippen LogP contribution is -2.24. The van der Waals surface area contributed by atoms with Gasteiger partial charge in [-0.05, 0) is 41.0 Å². The summed E-state index contributed by atoms with van der Waals surface area (Å²) < 4.78 is 10.6. The van der Waals surface area contributed by atoms with E-state index >= 15 is 0 Å². The SMILES string of the molecule is CO[C@@H](Cc1ccc(C#CCOc2ccc(-c3ccccc3)cc2)cc1)C(=O)O. The van der Waals surface area contributed by atoms with E-state index in [-0.39, 0.29) is 6.61 Å². The number of rotatable bonds is 7. The third kappa shape index (κ3) is 5.97. The third-order valence-electron chi connectivity index (χ3n) is 4.44. The third-order valence-corrected chi connectivity index (χ3v) is 4.44. The fourth-order valence-corrected chi connectivity index (χ4v) is 2.84. The van der Waals surface area contributed by atoms with Crippen molar-refractivity contribution in [1.82, 2.24) is 0 Å². The summed E-state index contributed by atoms with van der Waals surface area (Å²) in [4.78, 5) is 11.0. The second-order valence-electron chi connectivity index (χ2n) is 6.44. The first-order valence-electron chi connectivity index (χ1n) is 9.27. The van der Waals surface area contributed by atoms with Crippen LogP contribution in [0, 0.1) is 11.8 Å². The maximum Gasteiger partial charge on any atom is 0.333 e. The molecule has 0 amide bonds. The summed E-state index contributed by atoms with van der Waals surface area (Å²) in [7, 11) is 1.40. The Bertz CT molecular complexity index is 981. The summed E-state index contributed by atoms with van der Waals surface area (Å²) in [5, 5.41) is 9.04. The zero-order valence-corrected chi connectivity index (χ0v) is 16.2. The maximum absolute atomic E-state index is 11.0. The van der Waals surface area contributed by atoms with E-state index in [9.17, 15) is 4.79 Å². The minimum atomic E-state index is -0.967. The van der Waals surface area contributed by atoms with Gasteiger partial charge in [-0.2, -0.15) is 0 Å². The van der Waals surface area contributed by atoms with Crippen LogP contribution < -0.4 is 4.74 Å². The van der Waals surface area contributed by atoms with Gasteiger partial charge in [-0.15, -0.1) is 0 Å². The summed E-state index contributed by atoms with van der Waals surface area (Å²) in [6.07, 6.45) is -0.518. The van der Waals surface area contributed by atoms with Gasteiger partial charge in [0.15, 0.2) is 6.10 Å². The number of ether oxygens (including phenoxy) is 2. The predicted molar refractivity (Wildman–Crippen MR) is 113 cm³/mol. The summed E-state index contributed by atoms with van der Waals surface area (Å²) >= 11 is 0. The summed E-state index contributed by atoms with van der Waals surface area (Å²) in [6.45, 7) is 0.289. The van der Waals surface area contributed by atoms with Crippen LogP contribution in [-0.4, -0.2) is 30.9 Å². The van der Waals surface area contributed by atoms with E-state index in [1.807, 2.05) is 66.7 Å². The summed E-state index contributed by atoms with van der Waals surface area (Å²) in [5.74, 6) is 5.85. The lowest BCUT2D eigenvalue weighted by atomic mass is 10.1. The number of carboxylic acid groups (broad SMARTS) is 1. The lowest BCUT2D eigenvalue weighted by Gasteiger charge is -2.10. The second-order valence-corrected chi connectivity index (χ2v) is 6.44. The van der Waals surface area contributed by atoms with Gasteiger partial charge in [0.25, 0.3) is 0 Å². The standard InChI is InChI=1S/C25H22O4/c1-28-24(25(26)27)18-20-11-9-19(10-12-20)6-5-17-29-23-15-13-22(14-16-23)21-7-3-2-4-8-21/h2-4,7-16,24H,17-18H2,1H3,(H,26,27)/t24-/m0/s1. The van der Waals surface area contributed by atoms with E-state index in [1.54, 1.807) is 0 Å². The molecule has 0 aliphatic rings. The molecule has 0 bridgehead atoms. The molecule has 0 heterocycles. The minimum Gasteiger partial charge on any atom is -0.481 e. The topological polar surface area (TPSA) is 55.8 Å². The quantitative estimate of drug-likeness (QED) is 0.611. The van der Waals surface area contributed by atoms with Crippen LogP contribution in [0.2, 0.25) is 0 Å². The van der Waals surface area contributed by atoms with Crippen LogP contribution in [0.5, 0.6) is 5.75 Å². The van der Waals surface area contributed by atoms with Gasteiger partial charge < -0.3 is 14.6 Å². The molecule has 0 spiro atoms. The van der Waals surface area contributed by atoms with Gasteiger partial charge in [-0.25, -0.2) is 4.79 Å². The molecule has 0 aliphatic heterocycles. The van der Waals surface area contributed by atoms with Crippen LogP contribution in [0.3, 0.4) is 0 Å². The molecule has 0 unspecified atom stereocenters. The summed E-state index contributed by atoms with van der Waals surface area (Å²) in [5.41, 5.74) is 4.05. The maximum atomic E-state index is 11.0. The van der Waals surface area contributed by atoms with Crippen molar-refractivity contribution >= 4 is 5.97 Å². The van der Waals surface area contributed by atoms with E-state index in [4.69, 9.17) is 14.6 Å². The molecular weight excluding hydrogens is 364 g/mol. The molecule has 1 N–H and O–H groups in total. The molecule has 0 aromatic heterocycles. The zero-order valence-electron chi connectivity index (χ0n) is 16.2. The van der Waals surface area contributed by atoms with Crippen molar-refractivity contribution in [2.24, 2.45) is 0 Å². The Morgan fingerprint density at radius 3 is 2.21 bits per heavy atom. The Kier molecular flexibility index (Phi) is 7.05. The molecule has 3 rings (SSSR count). The van der Waals surface area contributed by atoms with Crippen LogP contribution in [0.25, 0.3) is 11.1 Å². The van der Waals surface area contributed by atoms with E-state index in [1.165, 1.54) is 12.7 Å². The molecule has 0 aliphatic carbocycles. The van der Waals surface area contributed by atoms with Gasteiger partial charge in [0, 0.05) is 19.1 Å². The predicted octanol–water partition coefficient (Wildman–Crippen LogP) is 4.43. The molecule has 0 saturated heterocycles. The molecule has 146 valence electrons. The summed E-state index contributed by atoms with van der Waals surface area (Å²) in [6, 6.07) is 25.6. The van der Waals surface area contributed by atoms with Crippen LogP contribution in [0.15, 0.2) is 78.9 Å². The van der Waals surface area contributed by atoms with E-state index in [0.29, 0.717) is 6.42 Å². The Balaban J connectivity index is 1.52. The first kappa shape index (κ1) is 20.2. The Morgan fingerprint density at radius 2 is 1.59 bits per heavy atom. The molecular formula is C25H22O4. The van der Waals surface area contributed by atoms with E-state index < -0.39 is 12.1 Å². The Morgan fingerprint density at radius 1 is 0.931 bits per heavy atom. The number of hydrogen-bond acceptors (Lipinski definition) is 3. The minimum absolute atomic E-state index is 0.289. The molecule has 0 radical (unpaired) electrons. The molecule has 1 atom stereocenters. The van der Waals surface area contributed by atoms with Crippen molar-refractivity contribution in [3.8, 4) is 28.7 Å². The van der Waals surface area contributed by atoms with Gasteiger partial charge in [0.2, 0.25) is 0 Å². The molecule has 4 nitrogen and oxygen atoms in total. The number of methoxy groups -OCH3 is 1. The molecule has 3 aromatic carbocycles. The van der Waals surface area contributed by atoms with Crippen LogP contribution in [0.4, 0.5) is 0 Å². The van der Waals surface area contributed by atoms with Gasteiger partial charge >= 0.3 is 5.97 Å². The lowest BCUT2D eigenvalue weighted by molar-refractivity contribution is -0.148. The second kappa shape index (κ2) is 10.1. The van der Waals surface area contributed by atoms with Crippen LogP contribution in [0.1, 0.15) is 11.1 Å². The van der Waals surface area contributed by atoms with Crippen molar-refractivity contribution in [2.45, 2.75) is 12.5 Å². The van der Waals surface area contributed by atoms with Crippen LogP contribution >= 0.6 is 0 Å². The van der Waals surface area contributed by atoms with Gasteiger partial charge in [0.05, 0.1) is 0 Å². The van der Waals surface area contributed by atoms with Gasteiger partial charge in [-0.1, -0.05) is 66.4 Å². The number of aliphatic carboxylic acids is 1. The zero-order chi connectivity index (χ0) is 20.5. The van der Waals surface area contributed by atoms with Crippen molar-refractivity contribution in [3.05, 3.63) is 90.0 Å². The highest BCUT2D eigenvalue weighted by atomic mass is 16.5. The molecule has 0 saturated carbocycles. The molecule has 3 aromatic rings. The van der Waals surface area contributed by atoms with Crippen molar-refractivity contribution in [1.29, 1.82) is 0 Å². The monoisotopic (exact) mass is 386 g/mol. The molecule has 0 fully saturated rings. The fraction of sp³-hybridized carbons (Fsp3) is 0.160. The first-order chi connectivity index (χ1) is 14.2. The van der Waals surface area contributed by atoms with Crippen LogP contribution in [-0.2, 0) is 16.0 Å². The first-order valence-corrected chi connectivity index (χ1v) is 9.27. The largest absolute Gasteiger partial charge is 0.481 e.